The first-order chi connectivity index (χ1) is 9.56. The van der Waals surface area contributed by atoms with Gasteiger partial charge in [-0.15, -0.1) is 0 Å². The van der Waals surface area contributed by atoms with Crippen LogP contribution in [0.3, 0.4) is 0 Å². The molecule has 0 saturated carbocycles. The third kappa shape index (κ3) is 2.46. The summed E-state index contributed by atoms with van der Waals surface area (Å²) in [6.45, 7) is 0.454. The summed E-state index contributed by atoms with van der Waals surface area (Å²) in [4.78, 5) is 0. The Morgan fingerprint density at radius 1 is 1.10 bits per heavy atom. The molecule has 0 amide bonds. The quantitative estimate of drug-likeness (QED) is 0.947. The van der Waals surface area contributed by atoms with Crippen LogP contribution in [0, 0.1) is 0 Å². The van der Waals surface area contributed by atoms with Crippen molar-refractivity contribution in [3.63, 3.8) is 0 Å². The Kier molecular flexibility index (Phi) is 3.31. The van der Waals surface area contributed by atoms with Gasteiger partial charge in [0.15, 0.2) is 0 Å². The van der Waals surface area contributed by atoms with Crippen LogP contribution in [0.4, 0.5) is 11.4 Å². The van der Waals surface area contributed by atoms with Gasteiger partial charge in [-0.2, -0.15) is 8.42 Å². The van der Waals surface area contributed by atoms with Gasteiger partial charge in [-0.3, -0.25) is 9.03 Å². The van der Waals surface area contributed by atoms with Gasteiger partial charge < -0.3 is 0 Å². The van der Waals surface area contributed by atoms with E-state index in [9.17, 15) is 8.42 Å². The third-order valence-corrected chi connectivity index (χ3v) is 4.89. The van der Waals surface area contributed by atoms with Crippen molar-refractivity contribution in [1.82, 2.24) is 0 Å². The molecule has 0 fully saturated rings. The van der Waals surface area contributed by atoms with Crippen LogP contribution >= 0.6 is 11.6 Å². The molecule has 3 rings (SSSR count). The molecular formula is C14H13ClN2O2S. The van der Waals surface area contributed by atoms with Gasteiger partial charge in [0, 0.05) is 11.6 Å². The lowest BCUT2D eigenvalue weighted by molar-refractivity contribution is 0.597. The second-order valence-corrected chi connectivity index (χ2v) is 6.60. The summed E-state index contributed by atoms with van der Waals surface area (Å²) < 4.78 is 28.8. The van der Waals surface area contributed by atoms with E-state index in [2.05, 4.69) is 4.72 Å². The van der Waals surface area contributed by atoms with Crippen LogP contribution in [0.5, 0.6) is 0 Å². The van der Waals surface area contributed by atoms with Crippen LogP contribution in [0.15, 0.2) is 48.5 Å². The highest BCUT2D eigenvalue weighted by molar-refractivity contribution is 7.94. The maximum atomic E-state index is 12.4. The molecule has 0 saturated heterocycles. The minimum absolute atomic E-state index is 0.454. The molecule has 0 unspecified atom stereocenters. The van der Waals surface area contributed by atoms with Crippen molar-refractivity contribution >= 4 is 33.2 Å². The Bertz CT molecular complexity index is 746. The van der Waals surface area contributed by atoms with E-state index in [1.807, 2.05) is 24.3 Å². The number of benzene rings is 2. The predicted octanol–water partition coefficient (Wildman–Crippen LogP) is 3.06. The molecule has 2 aromatic rings. The molecule has 0 atom stereocenters. The van der Waals surface area contributed by atoms with Crippen molar-refractivity contribution in [2.75, 3.05) is 15.6 Å². The molecule has 0 aromatic heterocycles. The lowest BCUT2D eigenvalue weighted by atomic mass is 10.2. The van der Waals surface area contributed by atoms with Crippen molar-refractivity contribution in [3.05, 3.63) is 59.1 Å². The van der Waals surface area contributed by atoms with Gasteiger partial charge in [-0.05, 0) is 36.2 Å². The molecule has 0 radical (unpaired) electrons. The smallest absolute Gasteiger partial charge is 0.267 e. The first kappa shape index (κ1) is 13.3. The Balaban J connectivity index is 1.90. The molecule has 0 bridgehead atoms. The molecule has 4 nitrogen and oxygen atoms in total. The van der Waals surface area contributed by atoms with Gasteiger partial charge >= 0.3 is 10.2 Å². The fourth-order valence-corrected chi connectivity index (χ4v) is 3.81. The average Bonchev–Trinajstić information content (AvgIpc) is 2.82. The van der Waals surface area contributed by atoms with E-state index < -0.39 is 10.2 Å². The van der Waals surface area contributed by atoms with Crippen LogP contribution in [0.2, 0.25) is 5.02 Å². The molecule has 2 aromatic carbocycles. The van der Waals surface area contributed by atoms with Crippen molar-refractivity contribution in [1.29, 1.82) is 0 Å². The zero-order chi connectivity index (χ0) is 14.2. The van der Waals surface area contributed by atoms with E-state index >= 15 is 0 Å². The number of fused-ring (bicyclic) bond motifs is 1. The van der Waals surface area contributed by atoms with Gasteiger partial charge in [-0.25, -0.2) is 0 Å². The second-order valence-electron chi connectivity index (χ2n) is 4.57. The Labute approximate surface area is 123 Å². The normalized spacial score (nSPS) is 14.2. The zero-order valence-electron chi connectivity index (χ0n) is 10.6. The van der Waals surface area contributed by atoms with Crippen LogP contribution in [-0.2, 0) is 16.6 Å². The highest BCUT2D eigenvalue weighted by Crippen LogP contribution is 2.30. The Morgan fingerprint density at radius 2 is 1.90 bits per heavy atom. The van der Waals surface area contributed by atoms with E-state index in [0.29, 0.717) is 17.3 Å². The summed E-state index contributed by atoms with van der Waals surface area (Å²) in [5.74, 6) is 0. The summed E-state index contributed by atoms with van der Waals surface area (Å²) in [5, 5.41) is 0.493. The molecule has 20 heavy (non-hydrogen) atoms. The van der Waals surface area contributed by atoms with Gasteiger partial charge in [0.05, 0.1) is 11.4 Å². The van der Waals surface area contributed by atoms with Gasteiger partial charge in [0.1, 0.15) is 0 Å². The van der Waals surface area contributed by atoms with Crippen molar-refractivity contribution in [3.8, 4) is 0 Å². The monoisotopic (exact) mass is 308 g/mol. The fourth-order valence-electron chi connectivity index (χ4n) is 2.31. The lowest BCUT2D eigenvalue weighted by Crippen LogP contribution is -2.34. The van der Waals surface area contributed by atoms with Gasteiger partial charge in [0.2, 0.25) is 0 Å². The maximum absolute atomic E-state index is 12.4. The summed E-state index contributed by atoms with van der Waals surface area (Å²) in [6, 6.07) is 14.2. The lowest BCUT2D eigenvalue weighted by Gasteiger charge is -2.20. The van der Waals surface area contributed by atoms with Gasteiger partial charge in [-0.1, -0.05) is 35.9 Å². The maximum Gasteiger partial charge on any atom is 0.323 e. The van der Waals surface area contributed by atoms with E-state index in [-0.39, 0.29) is 0 Å². The Hall–Kier alpha value is -1.72. The molecule has 6 heteroatoms. The first-order valence-corrected chi connectivity index (χ1v) is 8.02. The summed E-state index contributed by atoms with van der Waals surface area (Å²) in [7, 11) is -3.62. The third-order valence-electron chi connectivity index (χ3n) is 3.21. The van der Waals surface area contributed by atoms with Crippen LogP contribution < -0.4 is 9.03 Å². The topological polar surface area (TPSA) is 49.4 Å². The van der Waals surface area contributed by atoms with E-state index in [0.717, 1.165) is 17.7 Å². The van der Waals surface area contributed by atoms with Crippen molar-refractivity contribution < 1.29 is 8.42 Å². The highest BCUT2D eigenvalue weighted by Gasteiger charge is 2.28. The largest absolute Gasteiger partial charge is 0.323 e. The molecule has 1 N–H and O–H groups in total. The number of anilines is 2. The van der Waals surface area contributed by atoms with E-state index in [4.69, 9.17) is 11.6 Å². The molecule has 104 valence electrons. The molecule has 0 spiro atoms. The highest BCUT2D eigenvalue weighted by atomic mass is 35.5. The molecule has 0 aliphatic carbocycles. The standard InChI is InChI=1S/C14H13ClN2O2S/c15-12-5-3-6-13(10-12)16-20(18,19)17-9-8-11-4-1-2-7-14(11)17/h1-7,10,16H,8-9H2. The number of para-hydroxylation sites is 1. The predicted molar refractivity (Wildman–Crippen MR) is 81.5 cm³/mol. The zero-order valence-corrected chi connectivity index (χ0v) is 12.2. The van der Waals surface area contributed by atoms with E-state index in [1.165, 1.54) is 4.31 Å². The minimum Gasteiger partial charge on any atom is -0.267 e. The molecule has 1 heterocycles. The summed E-state index contributed by atoms with van der Waals surface area (Å²) in [6.07, 6.45) is 0.729. The number of nitrogens with one attached hydrogen (secondary N) is 1. The number of rotatable bonds is 3. The van der Waals surface area contributed by atoms with Crippen molar-refractivity contribution in [2.45, 2.75) is 6.42 Å². The Morgan fingerprint density at radius 3 is 2.70 bits per heavy atom. The first-order valence-electron chi connectivity index (χ1n) is 6.20. The van der Waals surface area contributed by atoms with Crippen LogP contribution in [0.25, 0.3) is 0 Å². The van der Waals surface area contributed by atoms with Crippen LogP contribution in [-0.4, -0.2) is 15.0 Å². The second kappa shape index (κ2) is 5.00. The van der Waals surface area contributed by atoms with E-state index in [1.54, 1.807) is 24.3 Å². The summed E-state index contributed by atoms with van der Waals surface area (Å²) >= 11 is 5.87. The average molecular weight is 309 g/mol. The van der Waals surface area contributed by atoms with Crippen LogP contribution in [0.1, 0.15) is 5.56 Å². The molecule has 1 aliphatic rings. The molecular weight excluding hydrogens is 296 g/mol. The molecule has 1 aliphatic heterocycles. The number of hydrogen-bond acceptors (Lipinski definition) is 2. The van der Waals surface area contributed by atoms with Gasteiger partial charge in [0.25, 0.3) is 0 Å². The minimum atomic E-state index is -3.62. The SMILES string of the molecule is O=S(=O)(Nc1cccc(Cl)c1)N1CCc2ccccc21. The number of hydrogen-bond donors (Lipinski definition) is 1. The number of halogens is 1. The fraction of sp³-hybridized carbons (Fsp3) is 0.143. The number of nitrogens with zero attached hydrogens (tertiary/aromatic N) is 1. The van der Waals surface area contributed by atoms with Crippen molar-refractivity contribution in [2.24, 2.45) is 0 Å². The summed E-state index contributed by atoms with van der Waals surface area (Å²) in [5.41, 5.74) is 2.24.